The van der Waals surface area contributed by atoms with Crippen LogP contribution in [-0.2, 0) is 29.6 Å². The number of aryl methyl sites for hydroxylation is 1. The molecule has 0 fully saturated rings. The number of nitrogens with one attached hydrogen (secondary N) is 1. The van der Waals surface area contributed by atoms with E-state index < -0.39 is 17.9 Å². The zero-order valence-corrected chi connectivity index (χ0v) is 23.0. The first-order valence-corrected chi connectivity index (χ1v) is 12.4. The fourth-order valence-electron chi connectivity index (χ4n) is 3.65. The van der Waals surface area contributed by atoms with Crippen LogP contribution >= 0.6 is 0 Å². The van der Waals surface area contributed by atoms with Crippen LogP contribution in [0.5, 0.6) is 11.5 Å². The lowest BCUT2D eigenvalue weighted by Gasteiger charge is -2.12. The minimum absolute atomic E-state index is 0.0402. The summed E-state index contributed by atoms with van der Waals surface area (Å²) < 4.78 is 12.1. The van der Waals surface area contributed by atoms with Gasteiger partial charge in [-0.25, -0.2) is 9.79 Å². The van der Waals surface area contributed by atoms with Gasteiger partial charge in [0.1, 0.15) is 0 Å². The molecule has 1 atom stereocenters. The second-order valence-corrected chi connectivity index (χ2v) is 9.19. The smallest absolute Gasteiger partial charge is 0.328 e. The predicted octanol–water partition coefficient (Wildman–Crippen LogP) is 2.72. The molecule has 0 aliphatic rings. The van der Waals surface area contributed by atoms with E-state index >= 15 is 0 Å². The lowest BCUT2D eigenvalue weighted by atomic mass is 10.0. The van der Waals surface area contributed by atoms with E-state index in [0.29, 0.717) is 30.0 Å². The van der Waals surface area contributed by atoms with E-state index in [1.54, 1.807) is 22.9 Å². The topological polar surface area (TPSA) is 167 Å². The number of rotatable bonds is 10. The summed E-state index contributed by atoms with van der Waals surface area (Å²) >= 11 is 0. The Labute approximate surface area is 228 Å². The van der Waals surface area contributed by atoms with E-state index in [4.69, 9.17) is 26.0 Å². The summed E-state index contributed by atoms with van der Waals surface area (Å²) in [5.74, 6) is -0.477. The average Bonchev–Trinajstić information content (AvgIpc) is 3.34. The lowest BCUT2D eigenvalue weighted by Crippen LogP contribution is -2.39. The van der Waals surface area contributed by atoms with Gasteiger partial charge in [0.25, 0.3) is 0 Å². The number of carboxylic acids is 1. The van der Waals surface area contributed by atoms with Crippen molar-refractivity contribution in [1.29, 1.82) is 0 Å². The van der Waals surface area contributed by atoms with Crippen molar-refractivity contribution in [2.75, 3.05) is 14.2 Å². The number of guanidine groups is 1. The number of carbonyl (C=O) groups is 2. The number of ether oxygens (including phenoxy) is 2. The Bertz CT molecular complexity index is 1270. The summed E-state index contributed by atoms with van der Waals surface area (Å²) in [6.07, 6.45) is 2.31. The van der Waals surface area contributed by atoms with E-state index in [-0.39, 0.29) is 18.3 Å². The third-order valence-electron chi connectivity index (χ3n) is 5.53. The normalized spacial score (nSPS) is 11.8. The van der Waals surface area contributed by atoms with Crippen molar-refractivity contribution < 1.29 is 24.2 Å². The Morgan fingerprint density at radius 2 is 1.79 bits per heavy atom. The molecule has 0 aliphatic carbocycles. The maximum atomic E-state index is 12.1. The number of amides is 1. The van der Waals surface area contributed by atoms with Gasteiger partial charge in [0.15, 0.2) is 23.5 Å². The van der Waals surface area contributed by atoms with Gasteiger partial charge >= 0.3 is 5.97 Å². The van der Waals surface area contributed by atoms with E-state index in [2.05, 4.69) is 21.5 Å². The fraction of sp³-hybridized carbons (Fsp3) is 0.357. The molecule has 0 aliphatic heterocycles. The van der Waals surface area contributed by atoms with Crippen molar-refractivity contribution in [3.05, 3.63) is 65.9 Å². The molecule has 0 saturated heterocycles. The highest BCUT2D eigenvalue weighted by Gasteiger charge is 2.19. The van der Waals surface area contributed by atoms with Crippen LogP contribution in [0.4, 0.5) is 0 Å². The van der Waals surface area contributed by atoms with Crippen molar-refractivity contribution in [2.24, 2.45) is 29.4 Å². The van der Waals surface area contributed by atoms with Crippen molar-refractivity contribution in [3.8, 4) is 22.8 Å². The number of hydrogen-bond donors (Lipinski definition) is 4. The van der Waals surface area contributed by atoms with Crippen LogP contribution < -0.4 is 26.3 Å². The standard InChI is InChI=1S/C17H25N3O5.C11H13N3/c1-10(2)7-12(16(22)23)19-17(18)20-15(21)9-11-5-6-13(24-3)14(8-11)25-4;1-14-6-5-11(13-14)10-4-2-3-9(7-10)8-12/h5-6,8,10,12H,7,9H2,1-4H3,(H,22,23)(H3,18,19,20,21);2-7H,8,12H2,1H3. The van der Waals surface area contributed by atoms with Gasteiger partial charge in [-0.05, 0) is 47.7 Å². The number of hydrogen-bond acceptors (Lipinski definition) is 7. The number of benzene rings is 2. The minimum atomic E-state index is -1.08. The van der Waals surface area contributed by atoms with Crippen molar-refractivity contribution in [2.45, 2.75) is 39.3 Å². The van der Waals surface area contributed by atoms with Gasteiger partial charge in [-0.1, -0.05) is 38.1 Å². The van der Waals surface area contributed by atoms with Gasteiger partial charge in [-0.2, -0.15) is 5.10 Å². The first-order valence-electron chi connectivity index (χ1n) is 12.4. The van der Waals surface area contributed by atoms with Crippen molar-refractivity contribution in [3.63, 3.8) is 0 Å². The molecule has 0 bridgehead atoms. The van der Waals surface area contributed by atoms with Crippen LogP contribution in [-0.4, -0.2) is 53.0 Å². The first kappa shape index (κ1) is 30.8. The molecule has 210 valence electrons. The molecule has 3 rings (SSSR count). The number of carbonyl (C=O) groups excluding carboxylic acids is 1. The third kappa shape index (κ3) is 10.1. The summed E-state index contributed by atoms with van der Waals surface area (Å²) in [7, 11) is 4.95. The first-order chi connectivity index (χ1) is 18.6. The maximum Gasteiger partial charge on any atom is 0.328 e. The van der Waals surface area contributed by atoms with Crippen molar-refractivity contribution >= 4 is 17.8 Å². The highest BCUT2D eigenvalue weighted by atomic mass is 16.5. The Kier molecular flexibility index (Phi) is 12.0. The van der Waals surface area contributed by atoms with Crippen molar-refractivity contribution in [1.82, 2.24) is 15.1 Å². The Hall–Kier alpha value is -4.38. The largest absolute Gasteiger partial charge is 0.493 e. The van der Waals surface area contributed by atoms with Gasteiger partial charge in [-0.15, -0.1) is 0 Å². The molecular formula is C28H38N6O5. The number of carboxylic acid groups (broad SMARTS) is 1. The number of methoxy groups -OCH3 is 2. The fourth-order valence-corrected chi connectivity index (χ4v) is 3.65. The maximum absolute atomic E-state index is 12.1. The molecule has 6 N–H and O–H groups in total. The highest BCUT2D eigenvalue weighted by molar-refractivity contribution is 5.97. The van der Waals surface area contributed by atoms with Gasteiger partial charge in [0.2, 0.25) is 5.91 Å². The van der Waals surface area contributed by atoms with Gasteiger partial charge < -0.3 is 26.0 Å². The van der Waals surface area contributed by atoms with Crippen LogP contribution in [0.15, 0.2) is 59.7 Å². The monoisotopic (exact) mass is 538 g/mol. The zero-order chi connectivity index (χ0) is 28.9. The molecule has 39 heavy (non-hydrogen) atoms. The molecule has 1 aromatic heterocycles. The summed E-state index contributed by atoms with van der Waals surface area (Å²) in [4.78, 5) is 27.1. The predicted molar refractivity (Wildman–Crippen MR) is 150 cm³/mol. The number of aliphatic carboxylic acids is 1. The quantitative estimate of drug-likeness (QED) is 0.226. The molecule has 0 spiro atoms. The number of aromatic nitrogens is 2. The van der Waals surface area contributed by atoms with E-state index in [9.17, 15) is 9.59 Å². The summed E-state index contributed by atoms with van der Waals surface area (Å²) in [5.41, 5.74) is 15.2. The summed E-state index contributed by atoms with van der Waals surface area (Å²) in [6.45, 7) is 4.34. The molecule has 11 heteroatoms. The van der Waals surface area contributed by atoms with Crippen LogP contribution in [0.1, 0.15) is 31.4 Å². The molecule has 1 unspecified atom stereocenters. The molecule has 2 aromatic carbocycles. The minimum Gasteiger partial charge on any atom is -0.493 e. The molecule has 1 heterocycles. The molecule has 3 aromatic rings. The summed E-state index contributed by atoms with van der Waals surface area (Å²) in [5, 5.41) is 15.9. The highest BCUT2D eigenvalue weighted by Crippen LogP contribution is 2.27. The molecule has 11 nitrogen and oxygen atoms in total. The Balaban J connectivity index is 0.000000318. The van der Waals surface area contributed by atoms with E-state index in [0.717, 1.165) is 16.8 Å². The Morgan fingerprint density at radius 3 is 2.36 bits per heavy atom. The Morgan fingerprint density at radius 1 is 1.08 bits per heavy atom. The zero-order valence-electron chi connectivity index (χ0n) is 23.0. The summed E-state index contributed by atoms with van der Waals surface area (Å²) in [6, 6.07) is 14.3. The van der Waals surface area contributed by atoms with E-state index in [1.807, 2.05) is 51.4 Å². The van der Waals surface area contributed by atoms with Crippen LogP contribution in [0.2, 0.25) is 0 Å². The molecular weight excluding hydrogens is 500 g/mol. The number of nitrogens with zero attached hydrogens (tertiary/aromatic N) is 3. The van der Waals surface area contributed by atoms with Gasteiger partial charge in [0, 0.05) is 25.4 Å². The number of nitrogens with two attached hydrogens (primary N) is 2. The SMILES string of the molecule is COc1ccc(CC(=O)NC(N)=NC(CC(C)C)C(=O)O)cc1OC.Cn1ccc(-c2cccc(CN)c2)n1. The average molecular weight is 539 g/mol. The van der Waals surface area contributed by atoms with Gasteiger partial charge in [0.05, 0.1) is 26.3 Å². The van der Waals surface area contributed by atoms with Gasteiger partial charge in [-0.3, -0.25) is 14.8 Å². The van der Waals surface area contributed by atoms with Crippen LogP contribution in [0, 0.1) is 5.92 Å². The van der Waals surface area contributed by atoms with E-state index in [1.165, 1.54) is 14.2 Å². The third-order valence-corrected chi connectivity index (χ3v) is 5.53. The number of aliphatic imine (C=N–C) groups is 1. The second-order valence-electron chi connectivity index (χ2n) is 9.19. The molecule has 1 amide bonds. The van der Waals surface area contributed by atoms with Crippen LogP contribution in [0.3, 0.4) is 0 Å². The van der Waals surface area contributed by atoms with Crippen LogP contribution in [0.25, 0.3) is 11.3 Å². The molecule has 0 radical (unpaired) electrons. The lowest BCUT2D eigenvalue weighted by molar-refractivity contribution is -0.138. The molecule has 0 saturated carbocycles. The second kappa shape index (κ2) is 15.1.